The SMILES string of the molecule is Cc1occc1-c1n[nH]c(C(N)c2ccc(Cl)cc2)n1. The highest BCUT2D eigenvalue weighted by Gasteiger charge is 2.16. The fourth-order valence-electron chi connectivity index (χ4n) is 1.98. The van der Waals surface area contributed by atoms with Crippen LogP contribution in [0.25, 0.3) is 11.4 Å². The number of aromatic amines is 1. The lowest BCUT2D eigenvalue weighted by atomic mass is 10.1. The van der Waals surface area contributed by atoms with Crippen LogP contribution in [-0.2, 0) is 0 Å². The van der Waals surface area contributed by atoms with E-state index in [4.69, 9.17) is 21.8 Å². The predicted molar refractivity (Wildman–Crippen MR) is 76.3 cm³/mol. The summed E-state index contributed by atoms with van der Waals surface area (Å²) >= 11 is 5.86. The molecule has 20 heavy (non-hydrogen) atoms. The van der Waals surface area contributed by atoms with Crippen LogP contribution in [0, 0.1) is 6.92 Å². The number of hydrogen-bond donors (Lipinski definition) is 2. The van der Waals surface area contributed by atoms with Crippen molar-refractivity contribution in [1.82, 2.24) is 15.2 Å². The van der Waals surface area contributed by atoms with Gasteiger partial charge < -0.3 is 10.2 Å². The van der Waals surface area contributed by atoms with E-state index in [1.165, 1.54) is 0 Å². The van der Waals surface area contributed by atoms with E-state index in [1.54, 1.807) is 18.4 Å². The minimum Gasteiger partial charge on any atom is -0.469 e. The molecule has 1 unspecified atom stereocenters. The van der Waals surface area contributed by atoms with Crippen LogP contribution in [0.5, 0.6) is 0 Å². The Bertz CT molecular complexity index is 717. The molecule has 102 valence electrons. The summed E-state index contributed by atoms with van der Waals surface area (Å²) in [5.41, 5.74) is 7.95. The van der Waals surface area contributed by atoms with Crippen LogP contribution in [0.1, 0.15) is 23.2 Å². The van der Waals surface area contributed by atoms with Crippen LogP contribution >= 0.6 is 11.6 Å². The summed E-state index contributed by atoms with van der Waals surface area (Å²) in [5.74, 6) is 1.95. The van der Waals surface area contributed by atoms with Crippen molar-refractivity contribution < 1.29 is 4.42 Å². The first kappa shape index (κ1) is 12.9. The summed E-state index contributed by atoms with van der Waals surface area (Å²) in [6, 6.07) is 8.80. The van der Waals surface area contributed by atoms with Gasteiger partial charge in [0.15, 0.2) is 5.82 Å². The quantitative estimate of drug-likeness (QED) is 0.776. The second-order valence-corrected chi connectivity index (χ2v) is 4.90. The fraction of sp³-hybridized carbons (Fsp3) is 0.143. The number of furan rings is 1. The molecule has 2 aromatic heterocycles. The van der Waals surface area contributed by atoms with Gasteiger partial charge in [0.2, 0.25) is 0 Å². The molecule has 0 amide bonds. The molecule has 0 radical (unpaired) electrons. The molecule has 0 aliphatic carbocycles. The molecule has 0 aliphatic rings. The Hall–Kier alpha value is -2.11. The molecule has 0 saturated heterocycles. The maximum Gasteiger partial charge on any atom is 0.184 e. The number of H-pyrrole nitrogens is 1. The van der Waals surface area contributed by atoms with Crippen molar-refractivity contribution in [3.63, 3.8) is 0 Å². The number of aromatic nitrogens is 3. The summed E-state index contributed by atoms with van der Waals surface area (Å²) in [7, 11) is 0. The zero-order valence-corrected chi connectivity index (χ0v) is 11.6. The number of nitrogens with two attached hydrogens (primary N) is 1. The van der Waals surface area contributed by atoms with Gasteiger partial charge in [0, 0.05) is 5.02 Å². The molecule has 3 aromatic rings. The second-order valence-electron chi connectivity index (χ2n) is 4.46. The monoisotopic (exact) mass is 288 g/mol. The van der Waals surface area contributed by atoms with E-state index in [9.17, 15) is 0 Å². The molecule has 5 nitrogen and oxygen atoms in total. The lowest BCUT2D eigenvalue weighted by Gasteiger charge is -2.08. The topological polar surface area (TPSA) is 80.7 Å². The lowest BCUT2D eigenvalue weighted by Crippen LogP contribution is -2.13. The Morgan fingerprint density at radius 1 is 1.25 bits per heavy atom. The zero-order valence-electron chi connectivity index (χ0n) is 10.8. The number of halogens is 1. The minimum absolute atomic E-state index is 0.374. The second kappa shape index (κ2) is 5.11. The first-order valence-corrected chi connectivity index (χ1v) is 6.51. The van der Waals surface area contributed by atoms with Crippen LogP contribution in [0.3, 0.4) is 0 Å². The summed E-state index contributed by atoms with van der Waals surface area (Å²) in [5, 5.41) is 7.73. The number of aryl methyl sites for hydroxylation is 1. The van der Waals surface area contributed by atoms with E-state index in [0.29, 0.717) is 16.7 Å². The molecular formula is C14H13ClN4O. The highest BCUT2D eigenvalue weighted by molar-refractivity contribution is 6.30. The van der Waals surface area contributed by atoms with E-state index in [1.807, 2.05) is 25.1 Å². The van der Waals surface area contributed by atoms with Gasteiger partial charge in [-0.2, -0.15) is 5.10 Å². The normalized spacial score (nSPS) is 12.6. The van der Waals surface area contributed by atoms with Crippen LogP contribution in [0.2, 0.25) is 5.02 Å². The van der Waals surface area contributed by atoms with Crippen molar-refractivity contribution in [3.8, 4) is 11.4 Å². The average Bonchev–Trinajstić information content (AvgIpc) is 3.07. The fourth-order valence-corrected chi connectivity index (χ4v) is 2.10. The predicted octanol–water partition coefficient (Wildman–Crippen LogP) is 3.07. The van der Waals surface area contributed by atoms with E-state index < -0.39 is 0 Å². The van der Waals surface area contributed by atoms with Crippen molar-refractivity contribution in [2.24, 2.45) is 5.73 Å². The Balaban J connectivity index is 1.90. The van der Waals surface area contributed by atoms with Gasteiger partial charge in [-0.25, -0.2) is 4.98 Å². The van der Waals surface area contributed by atoms with Crippen molar-refractivity contribution in [2.45, 2.75) is 13.0 Å². The maximum absolute atomic E-state index is 6.17. The molecule has 1 atom stereocenters. The van der Waals surface area contributed by atoms with Crippen LogP contribution in [0.15, 0.2) is 41.0 Å². The van der Waals surface area contributed by atoms with Gasteiger partial charge in [-0.3, -0.25) is 5.10 Å². The molecule has 0 bridgehead atoms. The third-order valence-corrected chi connectivity index (χ3v) is 3.38. The zero-order chi connectivity index (χ0) is 14.1. The molecular weight excluding hydrogens is 276 g/mol. The van der Waals surface area contributed by atoms with Gasteiger partial charge in [0.25, 0.3) is 0 Å². The van der Waals surface area contributed by atoms with E-state index >= 15 is 0 Å². The molecule has 0 saturated carbocycles. The van der Waals surface area contributed by atoms with Crippen molar-refractivity contribution in [1.29, 1.82) is 0 Å². The minimum atomic E-state index is -0.374. The third-order valence-electron chi connectivity index (χ3n) is 3.13. The molecule has 2 heterocycles. The van der Waals surface area contributed by atoms with Gasteiger partial charge in [-0.05, 0) is 30.7 Å². The van der Waals surface area contributed by atoms with Crippen molar-refractivity contribution in [2.75, 3.05) is 0 Å². The van der Waals surface area contributed by atoms with E-state index in [0.717, 1.165) is 16.9 Å². The number of rotatable bonds is 3. The number of hydrogen-bond acceptors (Lipinski definition) is 4. The standard InChI is InChI=1S/C14H13ClN4O/c1-8-11(6-7-20-8)13-17-14(19-18-13)12(16)9-2-4-10(15)5-3-9/h2-7,12H,16H2,1H3,(H,17,18,19). The molecule has 0 fully saturated rings. The highest BCUT2D eigenvalue weighted by Crippen LogP contribution is 2.23. The number of nitrogens with one attached hydrogen (secondary N) is 1. The van der Waals surface area contributed by atoms with Gasteiger partial charge >= 0.3 is 0 Å². The molecule has 0 aliphatic heterocycles. The Morgan fingerprint density at radius 3 is 2.65 bits per heavy atom. The van der Waals surface area contributed by atoms with Crippen LogP contribution in [-0.4, -0.2) is 15.2 Å². The molecule has 3 rings (SSSR count). The van der Waals surface area contributed by atoms with Gasteiger partial charge in [-0.1, -0.05) is 23.7 Å². The van der Waals surface area contributed by atoms with Crippen molar-refractivity contribution in [3.05, 3.63) is 58.8 Å². The number of benzene rings is 1. The Kier molecular flexibility index (Phi) is 3.30. The van der Waals surface area contributed by atoms with E-state index in [-0.39, 0.29) is 6.04 Å². The highest BCUT2D eigenvalue weighted by atomic mass is 35.5. The van der Waals surface area contributed by atoms with Crippen LogP contribution in [0.4, 0.5) is 0 Å². The summed E-state index contributed by atoms with van der Waals surface area (Å²) in [4.78, 5) is 4.43. The molecule has 0 spiro atoms. The summed E-state index contributed by atoms with van der Waals surface area (Å²) in [6.07, 6.45) is 1.61. The first-order valence-electron chi connectivity index (χ1n) is 6.13. The maximum atomic E-state index is 6.17. The Morgan fingerprint density at radius 2 is 2.00 bits per heavy atom. The largest absolute Gasteiger partial charge is 0.469 e. The molecule has 6 heteroatoms. The number of nitrogens with zero attached hydrogens (tertiary/aromatic N) is 2. The van der Waals surface area contributed by atoms with Gasteiger partial charge in [0.05, 0.1) is 17.9 Å². The molecule has 3 N–H and O–H groups in total. The first-order chi connectivity index (χ1) is 9.65. The third kappa shape index (κ3) is 2.33. The summed E-state index contributed by atoms with van der Waals surface area (Å²) < 4.78 is 5.25. The lowest BCUT2D eigenvalue weighted by molar-refractivity contribution is 0.535. The van der Waals surface area contributed by atoms with Crippen LogP contribution < -0.4 is 5.73 Å². The summed E-state index contributed by atoms with van der Waals surface area (Å²) in [6.45, 7) is 1.87. The average molecular weight is 289 g/mol. The van der Waals surface area contributed by atoms with Gasteiger partial charge in [0.1, 0.15) is 11.6 Å². The Labute approximate surface area is 120 Å². The molecule has 1 aromatic carbocycles. The van der Waals surface area contributed by atoms with Gasteiger partial charge in [-0.15, -0.1) is 0 Å². The van der Waals surface area contributed by atoms with Crippen molar-refractivity contribution >= 4 is 11.6 Å². The van der Waals surface area contributed by atoms with E-state index in [2.05, 4.69) is 15.2 Å². The smallest absolute Gasteiger partial charge is 0.184 e.